The van der Waals surface area contributed by atoms with Crippen molar-refractivity contribution in [3.63, 3.8) is 0 Å². The summed E-state index contributed by atoms with van der Waals surface area (Å²) in [6, 6.07) is 0.727. The van der Waals surface area contributed by atoms with Gasteiger partial charge in [-0.25, -0.2) is 0 Å². The summed E-state index contributed by atoms with van der Waals surface area (Å²) >= 11 is 0. The lowest BCUT2D eigenvalue weighted by Crippen LogP contribution is -2.34. The third kappa shape index (κ3) is 1.42. The van der Waals surface area contributed by atoms with E-state index in [1.54, 1.807) is 12.0 Å². The van der Waals surface area contributed by atoms with Gasteiger partial charge in [0, 0.05) is 6.04 Å². The van der Waals surface area contributed by atoms with Crippen LogP contribution >= 0.6 is 0 Å². The number of likely N-dealkylation sites (N-methyl/N-ethyl adjacent to an activating group) is 1. The summed E-state index contributed by atoms with van der Waals surface area (Å²) in [5, 5.41) is 3.56. The molecule has 0 radical (unpaired) electrons. The fourth-order valence-electron chi connectivity index (χ4n) is 3.74. The maximum Gasteiger partial charge on any atom is 0.0305 e. The molecule has 3 atom stereocenters. The van der Waals surface area contributed by atoms with Crippen LogP contribution in [0.4, 0.5) is 0 Å². The molecule has 1 nitrogen and oxygen atoms in total. The summed E-state index contributed by atoms with van der Waals surface area (Å²) < 4.78 is 0. The minimum Gasteiger partial charge on any atom is -0.313 e. The molecule has 0 heterocycles. The molecule has 3 aliphatic carbocycles. The van der Waals surface area contributed by atoms with Gasteiger partial charge in [0.05, 0.1) is 0 Å². The van der Waals surface area contributed by atoms with E-state index < -0.39 is 0 Å². The molecule has 0 spiro atoms. The highest BCUT2D eigenvalue weighted by Gasteiger charge is 2.48. The molecule has 0 bridgehead atoms. The lowest BCUT2D eigenvalue weighted by Gasteiger charge is -2.25. The first-order valence-electron chi connectivity index (χ1n) is 6.24. The molecule has 78 valence electrons. The summed E-state index contributed by atoms with van der Waals surface area (Å²) in [5.41, 5.74) is 1.72. The van der Waals surface area contributed by atoms with Crippen molar-refractivity contribution >= 4 is 0 Å². The molecule has 2 fully saturated rings. The van der Waals surface area contributed by atoms with Crippen LogP contribution in [0.25, 0.3) is 0 Å². The molecule has 1 N–H and O–H groups in total. The van der Waals surface area contributed by atoms with Crippen LogP contribution < -0.4 is 5.32 Å². The van der Waals surface area contributed by atoms with Gasteiger partial charge in [0.2, 0.25) is 0 Å². The minimum absolute atomic E-state index is 0.727. The van der Waals surface area contributed by atoms with Crippen LogP contribution in [0.1, 0.15) is 38.5 Å². The Labute approximate surface area is 87.0 Å². The highest BCUT2D eigenvalue weighted by molar-refractivity contribution is 5.18. The SMILES string of the molecule is CNC(C1=CCCC1)C1CC2CC2C1. The molecule has 0 aromatic heterocycles. The molecule has 3 aliphatic rings. The number of rotatable bonds is 3. The molecular weight excluding hydrogens is 170 g/mol. The lowest BCUT2D eigenvalue weighted by molar-refractivity contribution is 0.383. The third-order valence-corrected chi connectivity index (χ3v) is 4.54. The molecule has 0 aromatic rings. The van der Waals surface area contributed by atoms with Gasteiger partial charge < -0.3 is 5.32 Å². The fraction of sp³-hybridized carbons (Fsp3) is 0.846. The van der Waals surface area contributed by atoms with Crippen molar-refractivity contribution in [1.29, 1.82) is 0 Å². The van der Waals surface area contributed by atoms with E-state index in [0.717, 1.165) is 23.8 Å². The predicted molar refractivity (Wildman–Crippen MR) is 59.1 cm³/mol. The van der Waals surface area contributed by atoms with Crippen LogP contribution in [0.2, 0.25) is 0 Å². The van der Waals surface area contributed by atoms with Crippen molar-refractivity contribution in [3.05, 3.63) is 11.6 Å². The van der Waals surface area contributed by atoms with Crippen molar-refractivity contribution in [3.8, 4) is 0 Å². The van der Waals surface area contributed by atoms with Crippen LogP contribution in [0.3, 0.4) is 0 Å². The number of nitrogens with one attached hydrogen (secondary N) is 1. The van der Waals surface area contributed by atoms with Crippen LogP contribution in [-0.2, 0) is 0 Å². The second kappa shape index (κ2) is 3.37. The van der Waals surface area contributed by atoms with Crippen molar-refractivity contribution in [1.82, 2.24) is 5.32 Å². The highest BCUT2D eigenvalue weighted by Crippen LogP contribution is 2.55. The maximum absolute atomic E-state index is 3.56. The van der Waals surface area contributed by atoms with Gasteiger partial charge in [0.1, 0.15) is 0 Å². The summed E-state index contributed by atoms with van der Waals surface area (Å²) in [6.07, 6.45) is 11.1. The molecule has 14 heavy (non-hydrogen) atoms. The van der Waals surface area contributed by atoms with Gasteiger partial charge in [-0.15, -0.1) is 0 Å². The Morgan fingerprint density at radius 1 is 1.29 bits per heavy atom. The lowest BCUT2D eigenvalue weighted by atomic mass is 9.89. The molecule has 3 rings (SSSR count). The summed E-state index contributed by atoms with van der Waals surface area (Å²) in [5.74, 6) is 3.21. The van der Waals surface area contributed by atoms with E-state index in [9.17, 15) is 0 Å². The summed E-state index contributed by atoms with van der Waals surface area (Å²) in [6.45, 7) is 0. The monoisotopic (exact) mass is 191 g/mol. The Kier molecular flexibility index (Phi) is 2.16. The van der Waals surface area contributed by atoms with Gasteiger partial charge >= 0.3 is 0 Å². The Balaban J connectivity index is 1.67. The number of hydrogen-bond donors (Lipinski definition) is 1. The van der Waals surface area contributed by atoms with Crippen LogP contribution in [0, 0.1) is 17.8 Å². The number of fused-ring (bicyclic) bond motifs is 1. The molecule has 3 unspecified atom stereocenters. The first kappa shape index (κ1) is 8.96. The first-order valence-corrected chi connectivity index (χ1v) is 6.24. The summed E-state index contributed by atoms with van der Waals surface area (Å²) in [7, 11) is 2.15. The third-order valence-electron chi connectivity index (χ3n) is 4.54. The Morgan fingerprint density at radius 2 is 2.07 bits per heavy atom. The standard InChI is InChI=1S/C13H21N/c1-14-13(9-4-2-3-5-9)12-7-10-6-11(10)8-12/h4,10-14H,2-3,5-8H2,1H3. The fourth-order valence-corrected chi connectivity index (χ4v) is 3.74. The van der Waals surface area contributed by atoms with Crippen LogP contribution in [-0.4, -0.2) is 13.1 Å². The van der Waals surface area contributed by atoms with E-state index in [2.05, 4.69) is 18.4 Å². The minimum atomic E-state index is 0.727. The van der Waals surface area contributed by atoms with Crippen LogP contribution in [0.15, 0.2) is 11.6 Å². The Morgan fingerprint density at radius 3 is 2.64 bits per heavy atom. The highest BCUT2D eigenvalue weighted by atomic mass is 14.9. The topological polar surface area (TPSA) is 12.0 Å². The number of allylic oxidation sites excluding steroid dienone is 1. The average molecular weight is 191 g/mol. The van der Waals surface area contributed by atoms with Crippen molar-refractivity contribution in [2.75, 3.05) is 7.05 Å². The molecule has 0 aliphatic heterocycles. The van der Waals surface area contributed by atoms with Gasteiger partial charge in [-0.3, -0.25) is 0 Å². The van der Waals surface area contributed by atoms with Gasteiger partial charge in [-0.1, -0.05) is 11.6 Å². The molecule has 0 amide bonds. The maximum atomic E-state index is 3.56. The predicted octanol–water partition coefficient (Wildman–Crippen LogP) is 2.73. The van der Waals surface area contributed by atoms with E-state index in [1.807, 2.05) is 0 Å². The number of hydrogen-bond acceptors (Lipinski definition) is 1. The second-order valence-electron chi connectivity index (χ2n) is 5.42. The molecular formula is C13H21N. The zero-order valence-corrected chi connectivity index (χ0v) is 9.13. The summed E-state index contributed by atoms with van der Waals surface area (Å²) in [4.78, 5) is 0. The van der Waals surface area contributed by atoms with Gasteiger partial charge in [-0.05, 0) is 63.3 Å². The Hall–Kier alpha value is -0.300. The first-order chi connectivity index (χ1) is 6.88. The molecule has 1 heteroatoms. The van der Waals surface area contributed by atoms with E-state index in [0.29, 0.717) is 0 Å². The zero-order chi connectivity index (χ0) is 9.54. The van der Waals surface area contributed by atoms with Crippen molar-refractivity contribution in [2.24, 2.45) is 17.8 Å². The molecule has 2 saturated carbocycles. The van der Waals surface area contributed by atoms with E-state index in [4.69, 9.17) is 0 Å². The normalized spacial score (nSPS) is 42.1. The van der Waals surface area contributed by atoms with Crippen molar-refractivity contribution in [2.45, 2.75) is 44.6 Å². The molecule has 0 aromatic carbocycles. The molecule has 0 saturated heterocycles. The van der Waals surface area contributed by atoms with Crippen molar-refractivity contribution < 1.29 is 0 Å². The van der Waals surface area contributed by atoms with Crippen LogP contribution in [0.5, 0.6) is 0 Å². The van der Waals surface area contributed by atoms with Gasteiger partial charge in [0.25, 0.3) is 0 Å². The zero-order valence-electron chi connectivity index (χ0n) is 9.13. The Bertz CT molecular complexity index is 246. The average Bonchev–Trinajstić information content (AvgIpc) is 2.70. The largest absolute Gasteiger partial charge is 0.313 e. The second-order valence-corrected chi connectivity index (χ2v) is 5.42. The van der Waals surface area contributed by atoms with Gasteiger partial charge in [-0.2, -0.15) is 0 Å². The van der Waals surface area contributed by atoms with Gasteiger partial charge in [0.15, 0.2) is 0 Å². The van der Waals surface area contributed by atoms with E-state index in [1.165, 1.54) is 32.1 Å². The van der Waals surface area contributed by atoms with E-state index in [-0.39, 0.29) is 0 Å². The quantitative estimate of drug-likeness (QED) is 0.676. The van der Waals surface area contributed by atoms with E-state index >= 15 is 0 Å². The smallest absolute Gasteiger partial charge is 0.0305 e.